The zero-order valence-electron chi connectivity index (χ0n) is 13.0. The minimum Gasteiger partial charge on any atom is -0.478 e. The molecule has 1 aliphatic rings. The Morgan fingerprint density at radius 1 is 1.12 bits per heavy atom. The lowest BCUT2D eigenvalue weighted by molar-refractivity contribution is 0.0695. The predicted molar refractivity (Wildman–Crippen MR) is 87.6 cm³/mol. The van der Waals surface area contributed by atoms with Crippen molar-refractivity contribution in [1.29, 1.82) is 0 Å². The lowest BCUT2D eigenvalue weighted by atomic mass is 9.71. The molecule has 1 fully saturated rings. The summed E-state index contributed by atoms with van der Waals surface area (Å²) in [4.78, 5) is 22.8. The molecule has 0 aromatic heterocycles. The van der Waals surface area contributed by atoms with E-state index in [9.17, 15) is 14.0 Å². The third-order valence-corrected chi connectivity index (χ3v) is 4.52. The number of hydrogen-bond acceptors (Lipinski definition) is 2. The molecule has 2 aromatic rings. The highest BCUT2D eigenvalue weighted by molar-refractivity contribution is 5.96. The van der Waals surface area contributed by atoms with Crippen molar-refractivity contribution in [2.45, 2.75) is 18.8 Å². The molecule has 5 heteroatoms. The zero-order valence-corrected chi connectivity index (χ0v) is 13.0. The lowest BCUT2D eigenvalue weighted by Gasteiger charge is -2.35. The molecule has 3 rings (SSSR count). The number of carbonyl (C=O) groups excluding carboxylic acids is 1. The number of hydrogen-bond donors (Lipinski definition) is 2. The Morgan fingerprint density at radius 3 is 2.46 bits per heavy atom. The minimum atomic E-state index is -1.22. The molecule has 0 saturated heterocycles. The van der Waals surface area contributed by atoms with Gasteiger partial charge < -0.3 is 10.4 Å². The van der Waals surface area contributed by atoms with E-state index in [1.54, 1.807) is 0 Å². The fourth-order valence-corrected chi connectivity index (χ4v) is 3.06. The molecule has 24 heavy (non-hydrogen) atoms. The maximum Gasteiger partial charge on any atom is 0.335 e. The quantitative estimate of drug-likeness (QED) is 0.884. The van der Waals surface area contributed by atoms with Gasteiger partial charge in [-0.05, 0) is 48.4 Å². The van der Waals surface area contributed by atoms with Gasteiger partial charge in [0, 0.05) is 6.54 Å². The van der Waals surface area contributed by atoms with Gasteiger partial charge in [0.05, 0.1) is 11.1 Å². The van der Waals surface area contributed by atoms with Gasteiger partial charge in [-0.25, -0.2) is 9.18 Å². The summed E-state index contributed by atoms with van der Waals surface area (Å²) in [5.41, 5.74) is 1.02. The molecule has 2 N–H and O–H groups in total. The first-order valence-corrected chi connectivity index (χ1v) is 7.90. The average molecular weight is 327 g/mol. The van der Waals surface area contributed by atoms with Crippen LogP contribution in [0.15, 0.2) is 48.5 Å². The second kappa shape index (κ2) is 6.83. The summed E-state index contributed by atoms with van der Waals surface area (Å²) < 4.78 is 13.8. The average Bonchev–Trinajstić information content (AvgIpc) is 2.54. The highest BCUT2D eigenvalue weighted by atomic mass is 19.1. The smallest absolute Gasteiger partial charge is 0.335 e. The SMILES string of the molecule is O=C(O)c1ccc(C(=O)NCC2CC(c3ccccc3)C2)c(F)c1. The van der Waals surface area contributed by atoms with Gasteiger partial charge in [0.15, 0.2) is 0 Å². The topological polar surface area (TPSA) is 66.4 Å². The molecule has 0 unspecified atom stereocenters. The minimum absolute atomic E-state index is 0.126. The second-order valence-corrected chi connectivity index (χ2v) is 6.15. The van der Waals surface area contributed by atoms with Gasteiger partial charge >= 0.3 is 5.97 Å². The van der Waals surface area contributed by atoms with Crippen molar-refractivity contribution >= 4 is 11.9 Å². The zero-order chi connectivity index (χ0) is 17.1. The van der Waals surface area contributed by atoms with Crippen molar-refractivity contribution in [1.82, 2.24) is 5.32 Å². The number of carbonyl (C=O) groups is 2. The van der Waals surface area contributed by atoms with E-state index in [4.69, 9.17) is 5.11 Å². The number of nitrogens with one attached hydrogen (secondary N) is 1. The van der Waals surface area contributed by atoms with Crippen molar-refractivity contribution in [3.63, 3.8) is 0 Å². The Kier molecular flexibility index (Phi) is 4.60. The maximum absolute atomic E-state index is 13.8. The largest absolute Gasteiger partial charge is 0.478 e. The van der Waals surface area contributed by atoms with Gasteiger partial charge in [0.1, 0.15) is 5.82 Å². The molecular formula is C19H18FNO3. The van der Waals surface area contributed by atoms with Gasteiger partial charge in [0.2, 0.25) is 0 Å². The first kappa shape index (κ1) is 16.2. The predicted octanol–water partition coefficient (Wildman–Crippen LogP) is 3.45. The fourth-order valence-electron chi connectivity index (χ4n) is 3.06. The van der Waals surface area contributed by atoms with Gasteiger partial charge in [-0.3, -0.25) is 4.79 Å². The Balaban J connectivity index is 1.51. The number of halogens is 1. The molecular weight excluding hydrogens is 309 g/mol. The maximum atomic E-state index is 13.8. The third kappa shape index (κ3) is 3.45. The standard InChI is InChI=1S/C19H18FNO3/c20-17-10-14(19(23)24)6-7-16(17)18(22)21-11-12-8-15(9-12)13-4-2-1-3-5-13/h1-7,10,12,15H,8-9,11H2,(H,21,22)(H,23,24). The van der Waals surface area contributed by atoms with Crippen LogP contribution in [0.4, 0.5) is 4.39 Å². The summed E-state index contributed by atoms with van der Waals surface area (Å²) in [5.74, 6) is -1.63. The number of benzene rings is 2. The van der Waals surface area contributed by atoms with Gasteiger partial charge in [-0.1, -0.05) is 30.3 Å². The Hall–Kier alpha value is -2.69. The summed E-state index contributed by atoms with van der Waals surface area (Å²) in [6.45, 7) is 0.502. The van der Waals surface area contributed by atoms with Crippen molar-refractivity contribution in [2.75, 3.05) is 6.54 Å². The molecule has 0 spiro atoms. The van der Waals surface area contributed by atoms with Crippen LogP contribution in [-0.2, 0) is 0 Å². The van der Waals surface area contributed by atoms with E-state index in [0.29, 0.717) is 18.4 Å². The van der Waals surface area contributed by atoms with E-state index < -0.39 is 17.7 Å². The van der Waals surface area contributed by atoms with Crippen LogP contribution in [0.2, 0.25) is 0 Å². The van der Waals surface area contributed by atoms with Crippen LogP contribution in [0.25, 0.3) is 0 Å². The van der Waals surface area contributed by atoms with Crippen molar-refractivity contribution in [3.8, 4) is 0 Å². The van der Waals surface area contributed by atoms with Gasteiger partial charge in [-0.2, -0.15) is 0 Å². The summed E-state index contributed by atoms with van der Waals surface area (Å²) in [6, 6.07) is 13.6. The Morgan fingerprint density at radius 2 is 1.83 bits per heavy atom. The monoisotopic (exact) mass is 327 g/mol. The fraction of sp³-hybridized carbons (Fsp3) is 0.263. The van der Waals surface area contributed by atoms with E-state index >= 15 is 0 Å². The van der Waals surface area contributed by atoms with E-state index in [1.807, 2.05) is 18.2 Å². The highest BCUT2D eigenvalue weighted by Crippen LogP contribution is 2.41. The molecule has 0 atom stereocenters. The molecule has 1 aliphatic carbocycles. The Labute approximate surface area is 139 Å². The van der Waals surface area contributed by atoms with Gasteiger partial charge in [0.25, 0.3) is 5.91 Å². The summed E-state index contributed by atoms with van der Waals surface area (Å²) >= 11 is 0. The molecule has 124 valence electrons. The van der Waals surface area contributed by atoms with Crippen molar-refractivity contribution in [2.24, 2.45) is 5.92 Å². The van der Waals surface area contributed by atoms with Crippen LogP contribution in [0, 0.1) is 11.7 Å². The normalized spacial score (nSPS) is 19.4. The van der Waals surface area contributed by atoms with Crippen LogP contribution in [0.5, 0.6) is 0 Å². The van der Waals surface area contributed by atoms with E-state index in [2.05, 4.69) is 17.4 Å². The molecule has 1 amide bonds. The second-order valence-electron chi connectivity index (χ2n) is 6.15. The van der Waals surface area contributed by atoms with Crippen molar-refractivity contribution in [3.05, 3.63) is 71.0 Å². The van der Waals surface area contributed by atoms with E-state index in [0.717, 1.165) is 18.9 Å². The molecule has 0 heterocycles. The number of aromatic carboxylic acids is 1. The Bertz CT molecular complexity index is 754. The summed E-state index contributed by atoms with van der Waals surface area (Å²) in [7, 11) is 0. The third-order valence-electron chi connectivity index (χ3n) is 4.52. The van der Waals surface area contributed by atoms with Crippen LogP contribution in [-0.4, -0.2) is 23.5 Å². The summed E-state index contributed by atoms with van der Waals surface area (Å²) in [6.07, 6.45) is 2.01. The number of amides is 1. The van der Waals surface area contributed by atoms with Crippen LogP contribution >= 0.6 is 0 Å². The molecule has 0 aliphatic heterocycles. The molecule has 2 aromatic carbocycles. The molecule has 1 saturated carbocycles. The molecule has 4 nitrogen and oxygen atoms in total. The summed E-state index contributed by atoms with van der Waals surface area (Å²) in [5, 5.41) is 11.5. The van der Waals surface area contributed by atoms with Crippen molar-refractivity contribution < 1.29 is 19.1 Å². The first-order valence-electron chi connectivity index (χ1n) is 7.90. The lowest BCUT2D eigenvalue weighted by Crippen LogP contribution is -2.35. The van der Waals surface area contributed by atoms with Crippen LogP contribution < -0.4 is 5.32 Å². The van der Waals surface area contributed by atoms with E-state index in [-0.39, 0.29) is 11.1 Å². The van der Waals surface area contributed by atoms with E-state index in [1.165, 1.54) is 17.7 Å². The molecule has 0 bridgehead atoms. The highest BCUT2D eigenvalue weighted by Gasteiger charge is 2.30. The molecule has 0 radical (unpaired) electrons. The number of rotatable bonds is 5. The first-order chi connectivity index (χ1) is 11.5. The van der Waals surface area contributed by atoms with Crippen LogP contribution in [0.3, 0.4) is 0 Å². The number of carboxylic acids is 1. The number of carboxylic acid groups (broad SMARTS) is 1. The van der Waals surface area contributed by atoms with Crippen LogP contribution in [0.1, 0.15) is 45.0 Å². The van der Waals surface area contributed by atoms with Gasteiger partial charge in [-0.15, -0.1) is 0 Å².